The third-order valence-corrected chi connectivity index (χ3v) is 5.36. The Balaban J connectivity index is 1.69. The third kappa shape index (κ3) is 3.96. The molecule has 1 atom stereocenters. The summed E-state index contributed by atoms with van der Waals surface area (Å²) in [5.41, 5.74) is 3.34. The zero-order chi connectivity index (χ0) is 18.6. The quantitative estimate of drug-likeness (QED) is 0.588. The van der Waals surface area contributed by atoms with Gasteiger partial charge >= 0.3 is 0 Å². The summed E-state index contributed by atoms with van der Waals surface area (Å²) >= 11 is 0. The minimum atomic E-state index is -0.318. The first kappa shape index (κ1) is 17.9. The average molecular weight is 367 g/mol. The lowest BCUT2D eigenvalue weighted by atomic mass is 10.1. The highest BCUT2D eigenvalue weighted by Crippen LogP contribution is 2.37. The molecule has 6 heteroatoms. The van der Waals surface area contributed by atoms with E-state index in [9.17, 15) is 10.1 Å². The van der Waals surface area contributed by atoms with E-state index >= 15 is 0 Å². The lowest BCUT2D eigenvalue weighted by molar-refractivity contribution is -0.385. The van der Waals surface area contributed by atoms with E-state index in [1.54, 1.807) is 12.1 Å². The van der Waals surface area contributed by atoms with Crippen LogP contribution in [0.25, 0.3) is 0 Å². The molecule has 2 aromatic carbocycles. The Morgan fingerprint density at radius 2 is 1.81 bits per heavy atom. The Morgan fingerprint density at radius 3 is 2.56 bits per heavy atom. The van der Waals surface area contributed by atoms with Crippen molar-refractivity contribution in [1.29, 1.82) is 0 Å². The predicted octanol–water partition coefficient (Wildman–Crippen LogP) is 4.12. The molecular weight excluding hydrogens is 342 g/mol. The fourth-order valence-electron chi connectivity index (χ4n) is 4.05. The number of nitro groups is 1. The van der Waals surface area contributed by atoms with Gasteiger partial charge in [-0.15, -0.1) is 0 Å². The van der Waals surface area contributed by atoms with Crippen LogP contribution in [0.5, 0.6) is 0 Å². The van der Waals surface area contributed by atoms with Crippen molar-refractivity contribution in [3.05, 3.63) is 69.8 Å². The van der Waals surface area contributed by atoms with Gasteiger partial charge in [0.15, 0.2) is 0 Å². The standard InChI is InChI=1S/C21H25N3O3/c25-24(26)18-9-10-20(22-11-4-5-12-22)19(15-18)21-23(13-6-14-27-21)16-17-7-2-1-3-8-17/h1-3,7-10,15,21H,4-6,11-14,16H2. The van der Waals surface area contributed by atoms with Gasteiger partial charge < -0.3 is 9.64 Å². The van der Waals surface area contributed by atoms with Crippen LogP contribution in [0.2, 0.25) is 0 Å². The predicted molar refractivity (Wildman–Crippen MR) is 105 cm³/mol. The Morgan fingerprint density at radius 1 is 1.04 bits per heavy atom. The lowest BCUT2D eigenvalue weighted by Gasteiger charge is -2.37. The Bertz CT molecular complexity index is 791. The Kier molecular flexibility index (Phi) is 5.36. The van der Waals surface area contributed by atoms with Gasteiger partial charge in [0.1, 0.15) is 6.23 Å². The largest absolute Gasteiger partial charge is 0.371 e. The normalized spacial score (nSPS) is 20.7. The first-order chi connectivity index (χ1) is 13.2. The second kappa shape index (κ2) is 8.06. The summed E-state index contributed by atoms with van der Waals surface area (Å²) in [6.45, 7) is 4.36. The second-order valence-corrected chi connectivity index (χ2v) is 7.23. The highest BCUT2D eigenvalue weighted by Gasteiger charge is 2.30. The van der Waals surface area contributed by atoms with Crippen molar-refractivity contribution in [1.82, 2.24) is 4.90 Å². The topological polar surface area (TPSA) is 58.9 Å². The van der Waals surface area contributed by atoms with Gasteiger partial charge in [0.2, 0.25) is 0 Å². The molecule has 2 aromatic rings. The summed E-state index contributed by atoms with van der Waals surface area (Å²) in [4.78, 5) is 15.7. The lowest BCUT2D eigenvalue weighted by Crippen LogP contribution is -2.37. The number of ether oxygens (including phenoxy) is 1. The summed E-state index contributed by atoms with van der Waals surface area (Å²) in [7, 11) is 0. The van der Waals surface area contributed by atoms with E-state index in [0.717, 1.165) is 56.7 Å². The Labute approximate surface area is 159 Å². The van der Waals surface area contributed by atoms with E-state index < -0.39 is 0 Å². The van der Waals surface area contributed by atoms with Gasteiger partial charge in [0.05, 0.1) is 11.5 Å². The van der Waals surface area contributed by atoms with Gasteiger partial charge in [-0.25, -0.2) is 0 Å². The van der Waals surface area contributed by atoms with E-state index in [-0.39, 0.29) is 16.8 Å². The zero-order valence-corrected chi connectivity index (χ0v) is 15.4. The molecule has 2 fully saturated rings. The van der Waals surface area contributed by atoms with Crippen LogP contribution in [0, 0.1) is 10.1 Å². The first-order valence-electron chi connectivity index (χ1n) is 9.65. The molecule has 4 rings (SSSR count). The van der Waals surface area contributed by atoms with Crippen molar-refractivity contribution in [3.8, 4) is 0 Å². The summed E-state index contributed by atoms with van der Waals surface area (Å²) in [6, 6.07) is 15.5. The van der Waals surface area contributed by atoms with Crippen LogP contribution < -0.4 is 4.90 Å². The van der Waals surface area contributed by atoms with Crippen LogP contribution in [0.1, 0.15) is 36.6 Å². The van der Waals surface area contributed by atoms with E-state index in [2.05, 4.69) is 21.9 Å². The summed E-state index contributed by atoms with van der Waals surface area (Å²) in [5, 5.41) is 11.4. The van der Waals surface area contributed by atoms with Crippen molar-refractivity contribution in [2.24, 2.45) is 0 Å². The van der Waals surface area contributed by atoms with Gasteiger partial charge in [-0.05, 0) is 30.9 Å². The number of nitro benzene ring substituents is 1. The van der Waals surface area contributed by atoms with Gasteiger partial charge in [0, 0.05) is 49.6 Å². The molecule has 0 aliphatic carbocycles. The molecule has 2 saturated heterocycles. The summed E-state index contributed by atoms with van der Waals surface area (Å²) in [5.74, 6) is 0. The minimum Gasteiger partial charge on any atom is -0.371 e. The molecule has 0 aromatic heterocycles. The molecule has 6 nitrogen and oxygen atoms in total. The fourth-order valence-corrected chi connectivity index (χ4v) is 4.05. The monoisotopic (exact) mass is 367 g/mol. The molecule has 27 heavy (non-hydrogen) atoms. The molecule has 0 radical (unpaired) electrons. The van der Waals surface area contributed by atoms with Gasteiger partial charge in [0.25, 0.3) is 5.69 Å². The molecule has 0 bridgehead atoms. The Hall–Kier alpha value is -2.44. The van der Waals surface area contributed by atoms with Crippen molar-refractivity contribution < 1.29 is 9.66 Å². The zero-order valence-electron chi connectivity index (χ0n) is 15.4. The molecule has 0 saturated carbocycles. The smallest absolute Gasteiger partial charge is 0.270 e. The second-order valence-electron chi connectivity index (χ2n) is 7.23. The van der Waals surface area contributed by atoms with Gasteiger partial charge in [-0.1, -0.05) is 30.3 Å². The van der Waals surface area contributed by atoms with Crippen LogP contribution in [0.3, 0.4) is 0 Å². The van der Waals surface area contributed by atoms with Crippen molar-refractivity contribution >= 4 is 11.4 Å². The minimum absolute atomic E-state index is 0.127. The van der Waals surface area contributed by atoms with Crippen LogP contribution in [0.15, 0.2) is 48.5 Å². The summed E-state index contributed by atoms with van der Waals surface area (Å²) < 4.78 is 6.16. The maximum absolute atomic E-state index is 11.4. The van der Waals surface area contributed by atoms with Crippen LogP contribution >= 0.6 is 0 Å². The number of rotatable bonds is 5. The van der Waals surface area contributed by atoms with Crippen LogP contribution in [-0.4, -0.2) is 36.1 Å². The summed E-state index contributed by atoms with van der Waals surface area (Å²) in [6.07, 6.45) is 3.04. The molecule has 0 amide bonds. The van der Waals surface area contributed by atoms with Crippen molar-refractivity contribution in [3.63, 3.8) is 0 Å². The maximum Gasteiger partial charge on any atom is 0.270 e. The highest BCUT2D eigenvalue weighted by atomic mass is 16.6. The first-order valence-corrected chi connectivity index (χ1v) is 9.65. The number of hydrogen-bond acceptors (Lipinski definition) is 5. The molecule has 1 unspecified atom stereocenters. The molecule has 0 spiro atoms. The van der Waals surface area contributed by atoms with Crippen molar-refractivity contribution in [2.75, 3.05) is 31.1 Å². The maximum atomic E-state index is 11.4. The number of nitrogens with zero attached hydrogens (tertiary/aromatic N) is 3. The highest BCUT2D eigenvalue weighted by molar-refractivity contribution is 5.59. The number of anilines is 1. The fraction of sp³-hybridized carbons (Fsp3) is 0.429. The van der Waals surface area contributed by atoms with Crippen LogP contribution in [-0.2, 0) is 11.3 Å². The van der Waals surface area contributed by atoms with E-state index in [1.165, 1.54) is 5.56 Å². The van der Waals surface area contributed by atoms with Crippen molar-refractivity contribution in [2.45, 2.75) is 32.0 Å². The SMILES string of the molecule is O=[N+]([O-])c1ccc(N2CCCC2)c(C2OCCCN2Cc2ccccc2)c1. The molecule has 2 heterocycles. The molecule has 0 N–H and O–H groups in total. The number of hydrogen-bond donors (Lipinski definition) is 0. The van der Waals surface area contributed by atoms with E-state index in [1.807, 2.05) is 24.3 Å². The average Bonchev–Trinajstić information content (AvgIpc) is 3.23. The van der Waals surface area contributed by atoms with E-state index in [4.69, 9.17) is 4.74 Å². The van der Waals surface area contributed by atoms with Gasteiger partial charge in [-0.3, -0.25) is 15.0 Å². The molecule has 2 aliphatic rings. The van der Waals surface area contributed by atoms with Gasteiger partial charge in [-0.2, -0.15) is 0 Å². The number of benzene rings is 2. The third-order valence-electron chi connectivity index (χ3n) is 5.36. The number of non-ortho nitro benzene ring substituents is 1. The molecule has 142 valence electrons. The molecular formula is C21H25N3O3. The molecule has 2 aliphatic heterocycles. The van der Waals surface area contributed by atoms with Crippen LogP contribution in [0.4, 0.5) is 11.4 Å². The van der Waals surface area contributed by atoms with E-state index in [0.29, 0.717) is 6.61 Å².